The van der Waals surface area contributed by atoms with Crippen LogP contribution in [0.2, 0.25) is 0 Å². The van der Waals surface area contributed by atoms with Gasteiger partial charge in [-0.2, -0.15) is 5.26 Å². The van der Waals surface area contributed by atoms with Gasteiger partial charge in [0.1, 0.15) is 0 Å². The normalized spacial score (nSPS) is 11.3. The molecule has 1 aromatic heterocycles. The average molecular weight is 628 g/mol. The number of hydrogen-bond acceptors (Lipinski definition) is 1. The summed E-state index contributed by atoms with van der Waals surface area (Å²) in [6.45, 7) is 7.63. The van der Waals surface area contributed by atoms with Crippen molar-refractivity contribution in [3.63, 3.8) is 0 Å². The molecule has 8 rings (SSSR count). The summed E-state index contributed by atoms with van der Waals surface area (Å²) in [6.07, 6.45) is 0. The van der Waals surface area contributed by atoms with Crippen molar-refractivity contribution in [2.24, 2.45) is 0 Å². The Hall–Kier alpha value is -6.46. The Bertz CT molecular complexity index is 2500. The molecule has 1 heterocycles. The van der Waals surface area contributed by atoms with Gasteiger partial charge in [-0.25, -0.2) is 4.85 Å². The second-order valence-corrected chi connectivity index (χ2v) is 15.7. The van der Waals surface area contributed by atoms with Gasteiger partial charge < -0.3 is 4.57 Å². The summed E-state index contributed by atoms with van der Waals surface area (Å²) in [4.78, 5) is 3.72. The van der Waals surface area contributed by atoms with Crippen LogP contribution in [-0.4, -0.2) is 12.6 Å². The molecule has 0 aliphatic heterocycles. The lowest BCUT2D eigenvalue weighted by atomic mass is 10.0. The second-order valence-electron chi connectivity index (χ2n) is 11.9. The molecule has 0 unspecified atom stereocenters. The number of aromatic nitrogens is 1. The Morgan fingerprint density at radius 3 is 1.85 bits per heavy atom. The van der Waals surface area contributed by atoms with Crippen LogP contribution >= 0.6 is 0 Å². The molecule has 0 amide bonds. The maximum absolute atomic E-state index is 9.98. The van der Waals surface area contributed by atoms with Gasteiger partial charge in [-0.05, 0) is 68.1 Å². The van der Waals surface area contributed by atoms with Crippen LogP contribution in [0.15, 0.2) is 176 Å². The Balaban J connectivity index is 1.42. The van der Waals surface area contributed by atoms with Gasteiger partial charge >= 0.3 is 0 Å². The van der Waals surface area contributed by atoms with Crippen LogP contribution in [0.5, 0.6) is 0 Å². The van der Waals surface area contributed by atoms with Crippen LogP contribution in [0.3, 0.4) is 0 Å². The highest BCUT2D eigenvalue weighted by molar-refractivity contribution is 7.19. The zero-order valence-corrected chi connectivity index (χ0v) is 27.1. The number of benzene rings is 7. The highest BCUT2D eigenvalue weighted by atomic mass is 28.3. The lowest BCUT2D eigenvalue weighted by Crippen LogP contribution is -2.74. The van der Waals surface area contributed by atoms with Crippen LogP contribution in [-0.2, 0) is 0 Å². The van der Waals surface area contributed by atoms with Crippen molar-refractivity contribution < 1.29 is 0 Å². The first kappa shape index (κ1) is 29.0. The van der Waals surface area contributed by atoms with E-state index in [9.17, 15) is 5.26 Å². The van der Waals surface area contributed by atoms with Gasteiger partial charge in [0.2, 0.25) is 0 Å². The van der Waals surface area contributed by atoms with Gasteiger partial charge in [-0.3, -0.25) is 0 Å². The van der Waals surface area contributed by atoms with Gasteiger partial charge in [0, 0.05) is 10.9 Å². The molecule has 0 saturated heterocycles. The summed E-state index contributed by atoms with van der Waals surface area (Å²) in [5, 5.41) is 17.1. The Kier molecular flexibility index (Phi) is 7.27. The van der Waals surface area contributed by atoms with E-state index in [1.54, 1.807) is 0 Å². The van der Waals surface area contributed by atoms with Crippen molar-refractivity contribution in [1.82, 2.24) is 4.57 Å². The summed E-state index contributed by atoms with van der Waals surface area (Å²) in [5.74, 6) is 0. The lowest BCUT2D eigenvalue weighted by Gasteiger charge is -2.35. The van der Waals surface area contributed by atoms with Crippen LogP contribution in [0.4, 0.5) is 5.69 Å². The minimum absolute atomic E-state index is 0.634. The lowest BCUT2D eigenvalue weighted by molar-refractivity contribution is 1.18. The maximum Gasteiger partial charge on any atom is 0.188 e. The third-order valence-corrected chi connectivity index (χ3v) is 14.1. The zero-order chi connectivity index (χ0) is 32.5. The topological polar surface area (TPSA) is 33.1 Å². The van der Waals surface area contributed by atoms with Gasteiger partial charge in [-0.1, -0.05) is 140 Å². The molecule has 4 heteroatoms. The largest absolute Gasteiger partial charge is 0.309 e. The van der Waals surface area contributed by atoms with Gasteiger partial charge in [-0.15, -0.1) is 0 Å². The molecule has 7 aromatic carbocycles. The average Bonchev–Trinajstić information content (AvgIpc) is 3.50. The predicted molar refractivity (Wildman–Crippen MR) is 201 cm³/mol. The number of hydrogen-bond donors (Lipinski definition) is 0. The molecule has 0 aliphatic carbocycles. The van der Waals surface area contributed by atoms with Crippen LogP contribution in [0.25, 0.3) is 43.5 Å². The first-order valence-corrected chi connectivity index (χ1v) is 17.9. The quantitative estimate of drug-likeness (QED) is 0.104. The van der Waals surface area contributed by atoms with Crippen molar-refractivity contribution in [3.8, 4) is 22.9 Å². The monoisotopic (exact) mass is 627 g/mol. The smallest absolute Gasteiger partial charge is 0.188 e. The molecule has 0 N–H and O–H groups in total. The van der Waals surface area contributed by atoms with Crippen molar-refractivity contribution in [3.05, 3.63) is 193 Å². The molecule has 224 valence electrons. The fourth-order valence-electron chi connectivity index (χ4n) is 7.32. The first-order chi connectivity index (χ1) is 23.7. The fourth-order valence-corrected chi connectivity index (χ4v) is 12.1. The first-order valence-electron chi connectivity index (χ1n) is 15.9. The Labute approximate surface area is 281 Å². The highest BCUT2D eigenvalue weighted by Gasteiger charge is 2.41. The van der Waals surface area contributed by atoms with Crippen molar-refractivity contribution in [2.45, 2.75) is 0 Å². The number of para-hydroxylation sites is 2. The number of nitrogens with zero attached hydrogens (tertiary/aromatic N) is 3. The van der Waals surface area contributed by atoms with Crippen molar-refractivity contribution in [2.75, 3.05) is 0 Å². The van der Waals surface area contributed by atoms with E-state index in [0.29, 0.717) is 11.3 Å². The van der Waals surface area contributed by atoms with E-state index in [1.165, 1.54) is 20.7 Å². The number of fused-ring (bicyclic) bond motifs is 3. The maximum atomic E-state index is 9.98. The van der Waals surface area contributed by atoms with Gasteiger partial charge in [0.15, 0.2) is 13.8 Å². The zero-order valence-electron chi connectivity index (χ0n) is 26.1. The van der Waals surface area contributed by atoms with Crippen LogP contribution in [0.1, 0.15) is 5.56 Å². The van der Waals surface area contributed by atoms with Gasteiger partial charge in [0.05, 0.1) is 34.9 Å². The molecule has 0 fully saturated rings. The summed E-state index contributed by atoms with van der Waals surface area (Å²) in [5.41, 5.74) is 6.77. The highest BCUT2D eigenvalue weighted by Crippen LogP contribution is 2.37. The van der Waals surface area contributed by atoms with E-state index in [2.05, 4.69) is 167 Å². The molecule has 0 spiro atoms. The minimum Gasteiger partial charge on any atom is -0.309 e. The van der Waals surface area contributed by atoms with Crippen LogP contribution in [0, 0.1) is 17.9 Å². The molecule has 8 aromatic rings. The Morgan fingerprint density at radius 1 is 0.521 bits per heavy atom. The number of nitriles is 1. The molecule has 0 atom stereocenters. The minimum atomic E-state index is -2.88. The Morgan fingerprint density at radius 2 is 1.12 bits per heavy atom. The van der Waals surface area contributed by atoms with E-state index in [4.69, 9.17) is 6.57 Å². The van der Waals surface area contributed by atoms with E-state index in [0.717, 1.165) is 38.6 Å². The third-order valence-electron chi connectivity index (χ3n) is 9.38. The van der Waals surface area contributed by atoms with Crippen LogP contribution < -0.4 is 20.7 Å². The number of rotatable bonds is 6. The predicted octanol–water partition coefficient (Wildman–Crippen LogP) is 8.25. The summed E-state index contributed by atoms with van der Waals surface area (Å²) < 4.78 is 2.33. The molecule has 0 bridgehead atoms. The SMILES string of the molecule is [C-]#[N+]c1ccc2c(c1)c1ccccc1n2-c1ccccc1-c1cccc([Si](c2ccccc2)(c2ccccc2)c2cccc(C#N)c2)c1. The summed E-state index contributed by atoms with van der Waals surface area (Å²) >= 11 is 0. The van der Waals surface area contributed by atoms with E-state index in [1.807, 2.05) is 24.3 Å². The van der Waals surface area contributed by atoms with E-state index < -0.39 is 8.07 Å². The summed E-state index contributed by atoms with van der Waals surface area (Å²) in [6, 6.07) is 64.2. The van der Waals surface area contributed by atoms with Gasteiger partial charge in [0.25, 0.3) is 0 Å². The van der Waals surface area contributed by atoms with Crippen molar-refractivity contribution >= 4 is 56.3 Å². The molecular formula is C44H29N3Si. The molecule has 0 radical (unpaired) electrons. The molecular weight excluding hydrogens is 599 g/mol. The molecule has 48 heavy (non-hydrogen) atoms. The standard InChI is InChI=1S/C44H29N3Si/c1-46-34-26-27-44-41(30-34)40-23-9-11-25-43(40)47(44)42-24-10-8-22-39(42)33-15-13-21-38(29-33)48(35-16-4-2-5-17-35,36-18-6-3-7-19-36)37-20-12-14-32(28-37)31-45/h2-30H. The molecule has 0 saturated carbocycles. The third kappa shape index (κ3) is 4.64. The fraction of sp³-hybridized carbons (Fsp3) is 0. The van der Waals surface area contributed by atoms with Crippen molar-refractivity contribution in [1.29, 1.82) is 5.26 Å². The van der Waals surface area contributed by atoms with E-state index >= 15 is 0 Å². The molecule has 0 aliphatic rings. The summed E-state index contributed by atoms with van der Waals surface area (Å²) in [7, 11) is -2.88. The van der Waals surface area contributed by atoms with E-state index in [-0.39, 0.29) is 0 Å². The molecule has 3 nitrogen and oxygen atoms in total. The second kappa shape index (κ2) is 12.0.